The monoisotopic (exact) mass is 196 g/mol. The van der Waals surface area contributed by atoms with Crippen LogP contribution in [-0.4, -0.2) is 9.55 Å². The molecule has 2 rings (SSSR count). The van der Waals surface area contributed by atoms with Crippen LogP contribution in [0.2, 0.25) is 0 Å². The van der Waals surface area contributed by atoms with Gasteiger partial charge in [0.1, 0.15) is 0 Å². The summed E-state index contributed by atoms with van der Waals surface area (Å²) in [6.07, 6.45) is 7.58. The molecule has 1 aliphatic carbocycles. The van der Waals surface area contributed by atoms with Crippen LogP contribution in [0.15, 0.2) is 6.20 Å². The zero-order chi connectivity index (χ0) is 9.26. The lowest BCUT2D eigenvalue weighted by Crippen LogP contribution is -2.14. The first kappa shape index (κ1) is 9.00. The maximum absolute atomic E-state index is 5.19. The highest BCUT2D eigenvalue weighted by molar-refractivity contribution is 7.71. The fraction of sp³-hybridized carbons (Fsp3) is 0.700. The fourth-order valence-corrected chi connectivity index (χ4v) is 2.15. The van der Waals surface area contributed by atoms with Gasteiger partial charge >= 0.3 is 0 Å². The summed E-state index contributed by atoms with van der Waals surface area (Å²) in [4.78, 5) is 3.07. The Kier molecular flexibility index (Phi) is 2.54. The molecule has 1 N–H and O–H groups in total. The van der Waals surface area contributed by atoms with Gasteiger partial charge in [-0.2, -0.15) is 0 Å². The second kappa shape index (κ2) is 3.66. The number of aryl methyl sites for hydroxylation is 1. The number of hydrogen-bond acceptors (Lipinski definition) is 1. The summed E-state index contributed by atoms with van der Waals surface area (Å²) in [6, 6.07) is 0. The van der Waals surface area contributed by atoms with Crippen molar-refractivity contribution in [3.8, 4) is 0 Å². The van der Waals surface area contributed by atoms with Crippen molar-refractivity contribution in [1.82, 2.24) is 9.55 Å². The number of nitrogens with zero attached hydrogens (tertiary/aromatic N) is 1. The molecule has 0 amide bonds. The smallest absolute Gasteiger partial charge is 0.177 e. The SMILES string of the molecule is Cc1c[nH]c(=S)n1CCC1CCC1. The number of nitrogens with one attached hydrogen (secondary N) is 1. The van der Waals surface area contributed by atoms with Gasteiger partial charge in [0.2, 0.25) is 0 Å². The van der Waals surface area contributed by atoms with Crippen LogP contribution in [-0.2, 0) is 6.54 Å². The quantitative estimate of drug-likeness (QED) is 0.737. The Labute approximate surface area is 84.0 Å². The van der Waals surface area contributed by atoms with Gasteiger partial charge in [0.25, 0.3) is 0 Å². The number of hydrogen-bond donors (Lipinski definition) is 1. The highest BCUT2D eigenvalue weighted by atomic mass is 32.1. The Morgan fingerprint density at radius 2 is 2.38 bits per heavy atom. The van der Waals surface area contributed by atoms with Crippen LogP contribution >= 0.6 is 12.2 Å². The van der Waals surface area contributed by atoms with Gasteiger partial charge in [-0.05, 0) is 31.5 Å². The lowest BCUT2D eigenvalue weighted by Gasteiger charge is -2.25. The van der Waals surface area contributed by atoms with Crippen LogP contribution in [0.25, 0.3) is 0 Å². The molecule has 3 heteroatoms. The van der Waals surface area contributed by atoms with Crippen LogP contribution in [0.4, 0.5) is 0 Å². The second-order valence-corrected chi connectivity index (χ2v) is 4.36. The summed E-state index contributed by atoms with van der Waals surface area (Å²) in [6.45, 7) is 3.20. The van der Waals surface area contributed by atoms with Crippen LogP contribution < -0.4 is 0 Å². The van der Waals surface area contributed by atoms with Gasteiger partial charge in [-0.3, -0.25) is 0 Å². The molecule has 0 atom stereocenters. The fourth-order valence-electron chi connectivity index (χ4n) is 1.85. The highest BCUT2D eigenvalue weighted by Crippen LogP contribution is 2.29. The van der Waals surface area contributed by atoms with E-state index in [4.69, 9.17) is 12.2 Å². The molecule has 0 radical (unpaired) electrons. The van der Waals surface area contributed by atoms with Crippen molar-refractivity contribution in [2.75, 3.05) is 0 Å². The van der Waals surface area contributed by atoms with Gasteiger partial charge in [0.05, 0.1) is 0 Å². The van der Waals surface area contributed by atoms with Crippen molar-refractivity contribution in [2.24, 2.45) is 5.92 Å². The molecule has 0 spiro atoms. The molecule has 1 aromatic rings. The number of rotatable bonds is 3. The van der Waals surface area contributed by atoms with Crippen LogP contribution in [0.3, 0.4) is 0 Å². The third-order valence-electron chi connectivity index (χ3n) is 3.06. The molecule has 0 unspecified atom stereocenters. The van der Waals surface area contributed by atoms with Gasteiger partial charge in [-0.1, -0.05) is 19.3 Å². The van der Waals surface area contributed by atoms with Crippen molar-refractivity contribution >= 4 is 12.2 Å². The molecule has 0 aromatic carbocycles. The van der Waals surface area contributed by atoms with Crippen molar-refractivity contribution in [2.45, 2.75) is 39.2 Å². The summed E-state index contributed by atoms with van der Waals surface area (Å²) >= 11 is 5.19. The van der Waals surface area contributed by atoms with Crippen molar-refractivity contribution in [3.05, 3.63) is 16.7 Å². The molecule has 1 heterocycles. The summed E-state index contributed by atoms with van der Waals surface area (Å²) < 4.78 is 3.07. The summed E-state index contributed by atoms with van der Waals surface area (Å²) in [5.41, 5.74) is 1.25. The van der Waals surface area contributed by atoms with Crippen LogP contribution in [0.5, 0.6) is 0 Å². The minimum atomic E-state index is 0.872. The van der Waals surface area contributed by atoms with Crippen molar-refractivity contribution < 1.29 is 0 Å². The standard InChI is InChI=1S/C10H16N2S/c1-8-7-11-10(13)12(8)6-5-9-3-2-4-9/h7,9H,2-6H2,1H3,(H,11,13). The summed E-state index contributed by atoms with van der Waals surface area (Å²) in [5, 5.41) is 0. The first-order chi connectivity index (χ1) is 6.27. The molecule has 2 nitrogen and oxygen atoms in total. The van der Waals surface area contributed by atoms with Crippen molar-refractivity contribution in [3.63, 3.8) is 0 Å². The maximum Gasteiger partial charge on any atom is 0.177 e. The van der Waals surface area contributed by atoms with E-state index in [0.717, 1.165) is 17.2 Å². The molecule has 1 saturated carbocycles. The number of aromatic amines is 1. The molecule has 0 bridgehead atoms. The molecule has 72 valence electrons. The van der Waals surface area contributed by atoms with E-state index in [9.17, 15) is 0 Å². The lowest BCUT2D eigenvalue weighted by atomic mass is 9.83. The molecule has 1 aromatic heterocycles. The first-order valence-corrected chi connectivity index (χ1v) is 5.43. The Hall–Kier alpha value is -0.570. The van der Waals surface area contributed by atoms with Gasteiger partial charge in [-0.15, -0.1) is 0 Å². The minimum Gasteiger partial charge on any atom is -0.337 e. The second-order valence-electron chi connectivity index (χ2n) is 3.97. The Bertz CT molecular complexity index is 333. The lowest BCUT2D eigenvalue weighted by molar-refractivity contribution is 0.281. The first-order valence-electron chi connectivity index (χ1n) is 5.02. The predicted molar refractivity (Wildman–Crippen MR) is 56.3 cm³/mol. The molecule has 13 heavy (non-hydrogen) atoms. The zero-order valence-electron chi connectivity index (χ0n) is 8.05. The Morgan fingerprint density at radius 1 is 1.62 bits per heavy atom. The molecule has 0 aliphatic heterocycles. The predicted octanol–water partition coefficient (Wildman–Crippen LogP) is 3.04. The maximum atomic E-state index is 5.19. The number of imidazole rings is 1. The summed E-state index contributed by atoms with van der Waals surface area (Å²) in [5.74, 6) is 0.969. The topological polar surface area (TPSA) is 20.7 Å². The summed E-state index contributed by atoms with van der Waals surface area (Å²) in [7, 11) is 0. The molecule has 0 saturated heterocycles. The van der Waals surface area contributed by atoms with Gasteiger partial charge < -0.3 is 9.55 Å². The minimum absolute atomic E-state index is 0.872. The molecular formula is C10H16N2S. The molecule has 1 aliphatic rings. The van der Waals surface area contributed by atoms with E-state index in [0.29, 0.717) is 0 Å². The molecular weight excluding hydrogens is 180 g/mol. The largest absolute Gasteiger partial charge is 0.337 e. The van der Waals surface area contributed by atoms with Gasteiger partial charge in [0, 0.05) is 18.4 Å². The Balaban J connectivity index is 1.96. The average molecular weight is 196 g/mol. The van der Waals surface area contributed by atoms with Crippen molar-refractivity contribution in [1.29, 1.82) is 0 Å². The van der Waals surface area contributed by atoms with E-state index in [1.54, 1.807) is 0 Å². The number of aromatic nitrogens is 2. The Morgan fingerprint density at radius 3 is 2.85 bits per heavy atom. The average Bonchev–Trinajstić information content (AvgIpc) is 2.32. The highest BCUT2D eigenvalue weighted by Gasteiger charge is 2.17. The number of H-pyrrole nitrogens is 1. The van der Waals surface area contributed by atoms with Crippen LogP contribution in [0, 0.1) is 17.6 Å². The molecule has 1 fully saturated rings. The van der Waals surface area contributed by atoms with Gasteiger partial charge in [0.15, 0.2) is 4.77 Å². The van der Waals surface area contributed by atoms with E-state index >= 15 is 0 Å². The van der Waals surface area contributed by atoms with E-state index in [1.807, 2.05) is 6.20 Å². The van der Waals surface area contributed by atoms with E-state index in [1.165, 1.54) is 31.4 Å². The van der Waals surface area contributed by atoms with Gasteiger partial charge in [-0.25, -0.2) is 0 Å². The van der Waals surface area contributed by atoms with Crippen LogP contribution in [0.1, 0.15) is 31.4 Å². The third-order valence-corrected chi connectivity index (χ3v) is 3.40. The van der Waals surface area contributed by atoms with E-state index in [2.05, 4.69) is 16.5 Å². The zero-order valence-corrected chi connectivity index (χ0v) is 8.86. The van der Waals surface area contributed by atoms with E-state index < -0.39 is 0 Å². The van der Waals surface area contributed by atoms with E-state index in [-0.39, 0.29) is 0 Å². The third kappa shape index (κ3) is 1.85. The normalized spacial score (nSPS) is 17.3.